The molecule has 1 fully saturated rings. The first-order valence-electron chi connectivity index (χ1n) is 14.7. The second-order valence-corrected chi connectivity index (χ2v) is 13.6. The van der Waals surface area contributed by atoms with E-state index in [1.165, 1.54) is 22.9 Å². The normalized spacial score (nSPS) is 34.1. The van der Waals surface area contributed by atoms with Gasteiger partial charge in [-0.3, -0.25) is 19.2 Å². The summed E-state index contributed by atoms with van der Waals surface area (Å²) in [5.74, 6) is -0.777. The minimum Gasteiger partial charge on any atom is -0.465 e. The van der Waals surface area contributed by atoms with Gasteiger partial charge in [0.2, 0.25) is 0 Å². The molecule has 41 heavy (non-hydrogen) atoms. The van der Waals surface area contributed by atoms with Crippen LogP contribution in [0.5, 0.6) is 0 Å². The molecule has 7 rings (SSSR count). The molecule has 0 radical (unpaired) electrons. The summed E-state index contributed by atoms with van der Waals surface area (Å²) in [6.45, 7) is 4.62. The number of esters is 1. The van der Waals surface area contributed by atoms with Gasteiger partial charge in [0.05, 0.1) is 30.7 Å². The summed E-state index contributed by atoms with van der Waals surface area (Å²) in [6.07, 6.45) is 7.27. The number of fused-ring (bicyclic) bond motifs is 5. The van der Waals surface area contributed by atoms with Crippen molar-refractivity contribution >= 4 is 29.3 Å². The molecule has 6 aliphatic rings. The molecule has 214 valence electrons. The Labute approximate surface area is 244 Å². The molecule has 7 nitrogen and oxygen atoms in total. The van der Waals surface area contributed by atoms with Crippen molar-refractivity contribution in [3.63, 3.8) is 0 Å². The molecule has 2 heterocycles. The number of hydroxylamine groups is 2. The minimum atomic E-state index is -1.52. The second kappa shape index (κ2) is 9.82. The zero-order chi connectivity index (χ0) is 28.5. The number of Topliss-reactive ketones (excluding diaryl/α,β-unsaturated/α-hetero) is 1. The molecule has 1 aromatic carbocycles. The molecule has 0 spiro atoms. The first-order valence-corrected chi connectivity index (χ1v) is 15.7. The summed E-state index contributed by atoms with van der Waals surface area (Å²) >= 11 is 1.29. The van der Waals surface area contributed by atoms with Gasteiger partial charge >= 0.3 is 5.97 Å². The van der Waals surface area contributed by atoms with E-state index in [1.54, 1.807) is 6.08 Å². The molecule has 0 amide bonds. The number of thioether (sulfide) groups is 1. The van der Waals surface area contributed by atoms with Gasteiger partial charge in [-0.2, -0.15) is 0 Å². The number of benzene rings is 1. The lowest BCUT2D eigenvalue weighted by Gasteiger charge is -2.57. The highest BCUT2D eigenvalue weighted by molar-refractivity contribution is 8.01. The number of allylic oxidation sites excluding steroid dienone is 3. The number of hydrogen-bond donors (Lipinski definition) is 1. The highest BCUT2D eigenvalue weighted by Gasteiger charge is 2.67. The van der Waals surface area contributed by atoms with Gasteiger partial charge in [0.15, 0.2) is 17.2 Å². The SMILES string of the molecule is C[C@H]1C=C2C(=O)C=C3C4=C(C5=C(CCC5)C4)N(Cc4ccccc4)O[C@]3(C(=O)CSC3CCOC3=O)[C@@]2(C)C[C@@H]1O. The fraction of sp³-hybridized carbons (Fsp3) is 0.485. The Morgan fingerprint density at radius 1 is 1.15 bits per heavy atom. The number of ether oxygens (including phenoxy) is 1. The molecule has 0 bridgehead atoms. The Morgan fingerprint density at radius 2 is 1.95 bits per heavy atom. The Balaban J connectivity index is 1.40. The average Bonchev–Trinajstić information content (AvgIpc) is 3.66. The largest absolute Gasteiger partial charge is 0.465 e. The number of carbonyl (C=O) groups excluding carboxylic acids is 3. The van der Waals surface area contributed by atoms with Crippen LogP contribution in [0.15, 0.2) is 76.0 Å². The maximum Gasteiger partial charge on any atom is 0.319 e. The van der Waals surface area contributed by atoms with E-state index in [2.05, 4.69) is 0 Å². The van der Waals surface area contributed by atoms with E-state index in [1.807, 2.05) is 55.3 Å². The van der Waals surface area contributed by atoms with Gasteiger partial charge in [0.1, 0.15) is 5.25 Å². The molecule has 8 heteroatoms. The first-order chi connectivity index (χ1) is 19.7. The Kier molecular flexibility index (Phi) is 6.45. The number of rotatable bonds is 6. The zero-order valence-corrected chi connectivity index (χ0v) is 24.3. The zero-order valence-electron chi connectivity index (χ0n) is 23.5. The third-order valence-electron chi connectivity index (χ3n) is 9.93. The van der Waals surface area contributed by atoms with E-state index in [0.29, 0.717) is 37.1 Å². The molecule has 0 aromatic heterocycles. The van der Waals surface area contributed by atoms with E-state index >= 15 is 0 Å². The molecule has 1 unspecified atom stereocenters. The summed E-state index contributed by atoms with van der Waals surface area (Å²) in [5.41, 5.74) is 4.24. The quantitative estimate of drug-likeness (QED) is 0.487. The summed E-state index contributed by atoms with van der Waals surface area (Å²) in [4.78, 5) is 48.0. The number of aliphatic hydroxyl groups is 1. The number of aliphatic hydroxyl groups excluding tert-OH is 1. The van der Waals surface area contributed by atoms with Gasteiger partial charge in [0.25, 0.3) is 0 Å². The lowest BCUT2D eigenvalue weighted by Crippen LogP contribution is -2.66. The molecular weight excluding hydrogens is 538 g/mol. The third kappa shape index (κ3) is 3.97. The molecule has 1 N–H and O–H groups in total. The Bertz CT molecular complexity index is 1470. The van der Waals surface area contributed by atoms with E-state index in [0.717, 1.165) is 36.1 Å². The van der Waals surface area contributed by atoms with Crippen LogP contribution in [-0.4, -0.2) is 57.0 Å². The molecule has 4 aliphatic carbocycles. The smallest absolute Gasteiger partial charge is 0.319 e. The number of hydrogen-bond acceptors (Lipinski definition) is 8. The van der Waals surface area contributed by atoms with Crippen molar-refractivity contribution < 1.29 is 29.1 Å². The van der Waals surface area contributed by atoms with Crippen LogP contribution in [-0.2, 0) is 30.5 Å². The van der Waals surface area contributed by atoms with Crippen molar-refractivity contribution in [2.75, 3.05) is 12.4 Å². The van der Waals surface area contributed by atoms with E-state index < -0.39 is 22.4 Å². The maximum absolute atomic E-state index is 14.8. The first kappa shape index (κ1) is 26.9. The van der Waals surface area contributed by atoms with E-state index in [4.69, 9.17) is 9.57 Å². The van der Waals surface area contributed by atoms with Gasteiger partial charge in [-0.25, -0.2) is 5.06 Å². The van der Waals surface area contributed by atoms with Gasteiger partial charge in [0, 0.05) is 28.9 Å². The summed E-state index contributed by atoms with van der Waals surface area (Å²) < 4.78 is 5.15. The van der Waals surface area contributed by atoms with Crippen LogP contribution in [0.25, 0.3) is 0 Å². The van der Waals surface area contributed by atoms with Crippen LogP contribution in [0, 0.1) is 11.3 Å². The van der Waals surface area contributed by atoms with Crippen LogP contribution in [0.2, 0.25) is 0 Å². The van der Waals surface area contributed by atoms with Crippen LogP contribution < -0.4 is 0 Å². The van der Waals surface area contributed by atoms with Gasteiger partial charge < -0.3 is 9.84 Å². The molecule has 2 aliphatic heterocycles. The van der Waals surface area contributed by atoms with Gasteiger partial charge in [-0.1, -0.05) is 55.8 Å². The minimum absolute atomic E-state index is 0.0365. The van der Waals surface area contributed by atoms with E-state index in [-0.39, 0.29) is 35.6 Å². The lowest BCUT2D eigenvalue weighted by molar-refractivity contribution is -0.251. The molecule has 0 saturated carbocycles. The standard InChI is InChI=1S/C33H35NO6S/c1-19-13-25-26(35)15-24-23-14-21-9-6-10-22(21)30(23)34(17-20-7-4-3-5-8-20)40-33(24,32(25,2)16-27(19)36)29(37)18-41-28-11-12-39-31(28)38/h3-5,7-8,13,15,19,27-28,36H,6,9-12,14,16-18H2,1-2H3/t19-,27-,28?,32-,33+/m0/s1. The van der Waals surface area contributed by atoms with Crippen molar-refractivity contribution in [2.45, 2.75) is 75.9 Å². The lowest BCUT2D eigenvalue weighted by atomic mass is 9.53. The molecular formula is C33H35NO6S. The summed E-state index contributed by atoms with van der Waals surface area (Å²) in [7, 11) is 0. The topological polar surface area (TPSA) is 93.1 Å². The molecule has 1 aromatic rings. The molecule has 5 atom stereocenters. The third-order valence-corrected chi connectivity index (χ3v) is 11.2. The van der Waals surface area contributed by atoms with Crippen LogP contribution in [0.1, 0.15) is 57.9 Å². The van der Waals surface area contributed by atoms with E-state index in [9.17, 15) is 19.5 Å². The maximum atomic E-state index is 14.8. The predicted octanol–water partition coefficient (Wildman–Crippen LogP) is 4.77. The van der Waals surface area contributed by atoms with Gasteiger partial charge in [-0.05, 0) is 54.9 Å². The van der Waals surface area contributed by atoms with Crippen molar-refractivity contribution in [2.24, 2.45) is 11.3 Å². The molecule has 1 saturated heterocycles. The van der Waals surface area contributed by atoms with Crippen molar-refractivity contribution in [1.29, 1.82) is 0 Å². The Morgan fingerprint density at radius 3 is 2.71 bits per heavy atom. The fourth-order valence-corrected chi connectivity index (χ4v) is 8.82. The fourth-order valence-electron chi connectivity index (χ4n) is 7.79. The Hall–Kier alpha value is -2.94. The van der Waals surface area contributed by atoms with Crippen molar-refractivity contribution in [3.05, 3.63) is 81.6 Å². The highest BCUT2D eigenvalue weighted by Crippen LogP contribution is 2.62. The van der Waals surface area contributed by atoms with Crippen molar-refractivity contribution in [1.82, 2.24) is 5.06 Å². The summed E-state index contributed by atoms with van der Waals surface area (Å²) in [6, 6.07) is 10.1. The summed E-state index contributed by atoms with van der Waals surface area (Å²) in [5, 5.41) is 12.7. The predicted molar refractivity (Wildman–Crippen MR) is 154 cm³/mol. The van der Waals surface area contributed by atoms with Crippen molar-refractivity contribution in [3.8, 4) is 0 Å². The average molecular weight is 574 g/mol. The van der Waals surface area contributed by atoms with Crippen LogP contribution in [0.4, 0.5) is 0 Å². The monoisotopic (exact) mass is 573 g/mol. The number of cyclic esters (lactones) is 1. The van der Waals surface area contributed by atoms with Gasteiger partial charge in [-0.15, -0.1) is 11.8 Å². The van der Waals surface area contributed by atoms with Crippen LogP contribution >= 0.6 is 11.8 Å². The number of nitrogens with zero attached hydrogens (tertiary/aromatic N) is 1. The number of ketones is 2. The second-order valence-electron chi connectivity index (χ2n) is 12.4. The van der Waals surface area contributed by atoms with Crippen LogP contribution in [0.3, 0.4) is 0 Å². The number of carbonyl (C=O) groups is 3. The highest BCUT2D eigenvalue weighted by atomic mass is 32.2.